The Balaban J connectivity index is 1.63. The van der Waals surface area contributed by atoms with Gasteiger partial charge in [-0.3, -0.25) is 9.59 Å². The Morgan fingerprint density at radius 1 is 1.00 bits per heavy atom. The fourth-order valence-electron chi connectivity index (χ4n) is 2.30. The van der Waals surface area contributed by atoms with Crippen LogP contribution in [0.3, 0.4) is 0 Å². The first-order valence-electron chi connectivity index (χ1n) is 9.23. The van der Waals surface area contributed by atoms with Gasteiger partial charge in [0, 0.05) is 30.8 Å². The van der Waals surface area contributed by atoms with Gasteiger partial charge in [-0.2, -0.15) is 8.78 Å². The van der Waals surface area contributed by atoms with Crippen LogP contribution < -0.4 is 24.8 Å². The van der Waals surface area contributed by atoms with E-state index in [2.05, 4.69) is 21.9 Å². The molecule has 0 heterocycles. The number of nitrogens with one attached hydrogen (secondary N) is 2. The molecule has 0 aliphatic heterocycles. The molecular formula is C21H20ClF3N2O5. The number of amides is 2. The number of alkyl halides is 2. The highest BCUT2D eigenvalue weighted by Gasteiger charge is 2.09. The number of ether oxygens (including phenoxy) is 3. The molecule has 0 aliphatic carbocycles. The van der Waals surface area contributed by atoms with Crippen LogP contribution in [-0.4, -0.2) is 38.2 Å². The van der Waals surface area contributed by atoms with Crippen LogP contribution in [0.4, 0.5) is 13.2 Å². The second-order valence-electron chi connectivity index (χ2n) is 6.26. The summed E-state index contributed by atoms with van der Waals surface area (Å²) in [6.45, 7) is 0.167. The Labute approximate surface area is 187 Å². The number of benzene rings is 2. The summed E-state index contributed by atoms with van der Waals surface area (Å²) in [6.07, 6.45) is 0.241. The Hall–Kier alpha value is -3.40. The number of rotatable bonds is 12. The molecule has 0 fully saturated rings. The van der Waals surface area contributed by atoms with Crippen LogP contribution in [0, 0.1) is 5.82 Å². The molecule has 172 valence electrons. The van der Waals surface area contributed by atoms with Gasteiger partial charge in [0.1, 0.15) is 23.1 Å². The zero-order valence-corrected chi connectivity index (χ0v) is 17.5. The van der Waals surface area contributed by atoms with Crippen molar-refractivity contribution in [3.05, 3.63) is 65.6 Å². The number of hydrogen-bond donors (Lipinski definition) is 2. The van der Waals surface area contributed by atoms with Gasteiger partial charge >= 0.3 is 6.61 Å². The minimum atomic E-state index is -2.96. The third-order valence-electron chi connectivity index (χ3n) is 3.73. The summed E-state index contributed by atoms with van der Waals surface area (Å²) in [7, 11) is 0. The summed E-state index contributed by atoms with van der Waals surface area (Å²) in [4.78, 5) is 23.7. The zero-order valence-electron chi connectivity index (χ0n) is 16.7. The molecule has 2 rings (SSSR count). The molecule has 0 bridgehead atoms. The Morgan fingerprint density at radius 3 is 2.34 bits per heavy atom. The van der Waals surface area contributed by atoms with Gasteiger partial charge in [0.25, 0.3) is 11.8 Å². The van der Waals surface area contributed by atoms with Crippen molar-refractivity contribution in [1.29, 1.82) is 0 Å². The average Bonchev–Trinajstić information content (AvgIpc) is 2.73. The van der Waals surface area contributed by atoms with Gasteiger partial charge in [-0.05, 0) is 24.3 Å². The fraction of sp³-hybridized carbons (Fsp3) is 0.238. The third kappa shape index (κ3) is 9.17. The van der Waals surface area contributed by atoms with E-state index in [9.17, 15) is 22.8 Å². The van der Waals surface area contributed by atoms with Crippen LogP contribution in [0.1, 0.15) is 6.42 Å². The van der Waals surface area contributed by atoms with E-state index in [-0.39, 0.29) is 48.5 Å². The van der Waals surface area contributed by atoms with Crippen molar-refractivity contribution < 1.29 is 37.0 Å². The molecule has 0 atom stereocenters. The smallest absolute Gasteiger partial charge is 0.387 e. The van der Waals surface area contributed by atoms with Crippen LogP contribution in [0.25, 0.3) is 0 Å². The molecule has 0 saturated carbocycles. The van der Waals surface area contributed by atoms with Crippen LogP contribution in [-0.2, 0) is 9.59 Å². The van der Waals surface area contributed by atoms with E-state index in [0.29, 0.717) is 5.70 Å². The molecule has 0 aromatic heterocycles. The Morgan fingerprint density at radius 2 is 1.66 bits per heavy atom. The zero-order chi connectivity index (χ0) is 23.5. The van der Waals surface area contributed by atoms with E-state index in [1.807, 2.05) is 0 Å². The van der Waals surface area contributed by atoms with Gasteiger partial charge in [-0.1, -0.05) is 24.2 Å². The SMILES string of the molecule is C=C(CCNC(=O)COc1cccc(OC(F)F)c1)NC(=O)COc1ccc(Cl)c(F)c1. The summed E-state index contributed by atoms with van der Waals surface area (Å²) in [5.41, 5.74) is 0.332. The fourth-order valence-corrected chi connectivity index (χ4v) is 2.42. The molecule has 2 aromatic carbocycles. The minimum Gasteiger partial charge on any atom is -0.484 e. The second-order valence-corrected chi connectivity index (χ2v) is 6.67. The van der Waals surface area contributed by atoms with E-state index >= 15 is 0 Å². The van der Waals surface area contributed by atoms with Crippen molar-refractivity contribution in [3.63, 3.8) is 0 Å². The van der Waals surface area contributed by atoms with Gasteiger partial charge in [-0.15, -0.1) is 0 Å². The highest BCUT2D eigenvalue weighted by Crippen LogP contribution is 2.21. The monoisotopic (exact) mass is 472 g/mol. The van der Waals surface area contributed by atoms with E-state index in [0.717, 1.165) is 6.07 Å². The molecule has 32 heavy (non-hydrogen) atoms. The number of hydrogen-bond acceptors (Lipinski definition) is 5. The van der Waals surface area contributed by atoms with Crippen molar-refractivity contribution in [2.45, 2.75) is 13.0 Å². The summed E-state index contributed by atoms with van der Waals surface area (Å²) in [6, 6.07) is 9.30. The van der Waals surface area contributed by atoms with Crippen molar-refractivity contribution in [2.75, 3.05) is 19.8 Å². The van der Waals surface area contributed by atoms with Gasteiger partial charge in [0.15, 0.2) is 13.2 Å². The van der Waals surface area contributed by atoms with E-state index in [4.69, 9.17) is 21.1 Å². The summed E-state index contributed by atoms with van der Waals surface area (Å²) >= 11 is 5.57. The topological polar surface area (TPSA) is 85.9 Å². The van der Waals surface area contributed by atoms with E-state index < -0.39 is 24.2 Å². The maximum atomic E-state index is 13.3. The van der Waals surface area contributed by atoms with Crippen LogP contribution >= 0.6 is 11.6 Å². The van der Waals surface area contributed by atoms with Crippen LogP contribution in [0.15, 0.2) is 54.7 Å². The Kier molecular flexibility index (Phi) is 9.68. The second kappa shape index (κ2) is 12.5. The maximum Gasteiger partial charge on any atom is 0.387 e. The largest absolute Gasteiger partial charge is 0.484 e. The molecular weight excluding hydrogens is 453 g/mol. The van der Waals surface area contributed by atoms with Gasteiger partial charge in [0.05, 0.1) is 5.02 Å². The molecule has 0 saturated heterocycles. The first kappa shape index (κ1) is 24.9. The third-order valence-corrected chi connectivity index (χ3v) is 4.03. The van der Waals surface area contributed by atoms with Crippen molar-refractivity contribution >= 4 is 23.4 Å². The predicted molar refractivity (Wildman–Crippen MR) is 110 cm³/mol. The quantitative estimate of drug-likeness (QED) is 0.492. The molecule has 0 radical (unpaired) electrons. The lowest BCUT2D eigenvalue weighted by Crippen LogP contribution is -2.32. The molecule has 7 nitrogen and oxygen atoms in total. The molecule has 2 amide bonds. The summed E-state index contributed by atoms with van der Waals surface area (Å²) < 4.78 is 52.4. The van der Waals surface area contributed by atoms with Gasteiger partial charge in [-0.25, -0.2) is 4.39 Å². The van der Waals surface area contributed by atoms with Crippen LogP contribution in [0.2, 0.25) is 5.02 Å². The highest BCUT2D eigenvalue weighted by atomic mass is 35.5. The van der Waals surface area contributed by atoms with Crippen molar-refractivity contribution in [1.82, 2.24) is 10.6 Å². The molecule has 0 aliphatic rings. The minimum absolute atomic E-state index is 0.0584. The molecule has 11 heteroatoms. The van der Waals surface area contributed by atoms with E-state index in [1.54, 1.807) is 0 Å². The lowest BCUT2D eigenvalue weighted by molar-refractivity contribution is -0.123. The molecule has 2 N–H and O–H groups in total. The van der Waals surface area contributed by atoms with Gasteiger partial charge < -0.3 is 24.8 Å². The summed E-state index contributed by atoms with van der Waals surface area (Å²) in [5, 5.41) is 5.00. The predicted octanol–water partition coefficient (Wildman–Crippen LogP) is 3.67. The first-order chi connectivity index (χ1) is 15.2. The van der Waals surface area contributed by atoms with Crippen molar-refractivity contribution in [2.24, 2.45) is 0 Å². The number of carbonyl (C=O) groups excluding carboxylic acids is 2. The number of halogens is 4. The molecule has 2 aromatic rings. The lowest BCUT2D eigenvalue weighted by atomic mass is 10.3. The van der Waals surface area contributed by atoms with Crippen LogP contribution in [0.5, 0.6) is 17.2 Å². The number of carbonyl (C=O) groups is 2. The Bertz CT molecular complexity index is 959. The first-order valence-corrected chi connectivity index (χ1v) is 9.60. The normalized spacial score (nSPS) is 10.4. The maximum absolute atomic E-state index is 13.3. The average molecular weight is 473 g/mol. The molecule has 0 spiro atoms. The summed E-state index contributed by atoms with van der Waals surface area (Å²) in [5.74, 6) is -1.39. The van der Waals surface area contributed by atoms with Gasteiger partial charge in [0.2, 0.25) is 0 Å². The lowest BCUT2D eigenvalue weighted by Gasteiger charge is -2.11. The highest BCUT2D eigenvalue weighted by molar-refractivity contribution is 6.30. The molecule has 0 unspecified atom stereocenters. The van der Waals surface area contributed by atoms with E-state index in [1.165, 1.54) is 36.4 Å². The standard InChI is InChI=1S/C21H20ClF3N2O5/c1-13(27-20(29)12-31-15-5-6-17(22)18(23)10-15)7-8-26-19(28)11-30-14-3-2-4-16(9-14)32-21(24)25/h2-6,9-10,21H,1,7-8,11-12H2,(H,26,28)(H,27,29). The van der Waals surface area contributed by atoms with Crippen molar-refractivity contribution in [3.8, 4) is 17.2 Å².